The van der Waals surface area contributed by atoms with Gasteiger partial charge in [-0.25, -0.2) is 9.59 Å². The van der Waals surface area contributed by atoms with E-state index in [9.17, 15) is 14.7 Å². The molecule has 0 aromatic carbocycles. The molecule has 0 heterocycles. The molecule has 0 saturated carbocycles. The highest BCUT2D eigenvalue weighted by Crippen LogP contribution is 1.99. The Hall–Kier alpha value is -1.44. The van der Waals surface area contributed by atoms with E-state index in [1.807, 2.05) is 0 Å². The van der Waals surface area contributed by atoms with Crippen molar-refractivity contribution in [3.8, 4) is 0 Å². The number of rotatable bonds is 10. The molecule has 0 bridgehead atoms. The Kier molecular flexibility index (Phi) is 14.7. The molecular weight excluding hydrogens is 302 g/mol. The molecule has 7 heteroatoms. The predicted molar refractivity (Wildman–Crippen MR) is 88.5 cm³/mol. The van der Waals surface area contributed by atoms with E-state index in [-0.39, 0.29) is 5.54 Å². The number of carbonyl (C=O) groups is 2. The monoisotopic (exact) mass is 333 g/mol. The van der Waals surface area contributed by atoms with Crippen LogP contribution in [0.15, 0.2) is 12.2 Å². The molecule has 0 fully saturated rings. The minimum atomic E-state index is -1.26. The third-order valence-corrected chi connectivity index (χ3v) is 2.44. The molecule has 0 aliphatic rings. The zero-order chi connectivity index (χ0) is 18.3. The van der Waals surface area contributed by atoms with E-state index < -0.39 is 18.0 Å². The number of ether oxygens (including phenoxy) is 1. The Morgan fingerprint density at radius 2 is 1.65 bits per heavy atom. The van der Waals surface area contributed by atoms with Crippen LogP contribution in [0.5, 0.6) is 0 Å². The molecule has 0 saturated heterocycles. The Morgan fingerprint density at radius 3 is 2.04 bits per heavy atom. The maximum atomic E-state index is 9.58. The molecule has 0 rings (SSSR count). The molecule has 23 heavy (non-hydrogen) atoms. The van der Waals surface area contributed by atoms with E-state index in [1.54, 1.807) is 0 Å². The van der Waals surface area contributed by atoms with E-state index >= 15 is 0 Å². The van der Waals surface area contributed by atoms with Gasteiger partial charge in [0.05, 0.1) is 12.7 Å². The third-order valence-electron chi connectivity index (χ3n) is 2.44. The van der Waals surface area contributed by atoms with E-state index in [4.69, 9.17) is 14.9 Å². The lowest BCUT2D eigenvalue weighted by Gasteiger charge is -2.22. The van der Waals surface area contributed by atoms with Gasteiger partial charge in [-0.2, -0.15) is 0 Å². The van der Waals surface area contributed by atoms with Crippen LogP contribution in [-0.2, 0) is 14.3 Å². The highest BCUT2D eigenvalue weighted by atomic mass is 16.5. The van der Waals surface area contributed by atoms with Crippen molar-refractivity contribution in [2.75, 3.05) is 19.8 Å². The van der Waals surface area contributed by atoms with Crippen LogP contribution in [0.2, 0.25) is 0 Å². The fourth-order valence-electron chi connectivity index (χ4n) is 1.30. The van der Waals surface area contributed by atoms with Crippen LogP contribution in [-0.4, -0.2) is 58.7 Å². The largest absolute Gasteiger partial charge is 0.478 e. The summed E-state index contributed by atoms with van der Waals surface area (Å²) in [6, 6.07) is 0. The lowest BCUT2D eigenvalue weighted by molar-refractivity contribution is -0.134. The molecule has 0 spiro atoms. The molecule has 0 aromatic rings. The maximum absolute atomic E-state index is 9.58. The van der Waals surface area contributed by atoms with Crippen molar-refractivity contribution in [3.05, 3.63) is 12.2 Å². The van der Waals surface area contributed by atoms with Gasteiger partial charge in [0.1, 0.15) is 0 Å². The lowest BCUT2D eigenvalue weighted by Crippen LogP contribution is -2.42. The Labute approximate surface area is 138 Å². The second-order valence-electron chi connectivity index (χ2n) is 6.08. The van der Waals surface area contributed by atoms with Crippen molar-refractivity contribution in [1.82, 2.24) is 5.32 Å². The number of aliphatic hydroxyl groups is 1. The number of carboxylic acid groups (broad SMARTS) is 2. The van der Waals surface area contributed by atoms with E-state index in [0.717, 1.165) is 13.0 Å². The number of nitrogens with one attached hydrogen (secondary N) is 1. The number of unbranched alkanes of at least 4 members (excludes halogenated alkanes) is 2. The second-order valence-corrected chi connectivity index (χ2v) is 6.08. The zero-order valence-electron chi connectivity index (χ0n) is 14.5. The molecule has 0 aromatic heterocycles. The first-order valence-corrected chi connectivity index (χ1v) is 7.73. The molecule has 0 aliphatic heterocycles. The van der Waals surface area contributed by atoms with Gasteiger partial charge in [-0.3, -0.25) is 0 Å². The van der Waals surface area contributed by atoms with E-state index in [2.05, 4.69) is 33.0 Å². The van der Waals surface area contributed by atoms with Gasteiger partial charge in [-0.1, -0.05) is 19.8 Å². The van der Waals surface area contributed by atoms with Gasteiger partial charge in [-0.05, 0) is 27.2 Å². The summed E-state index contributed by atoms with van der Waals surface area (Å²) < 4.78 is 5.37. The quantitative estimate of drug-likeness (QED) is 0.355. The normalized spacial score (nSPS) is 12.6. The number of hydrogen-bond donors (Lipinski definition) is 4. The minimum Gasteiger partial charge on any atom is -0.478 e. The number of carboxylic acids is 2. The van der Waals surface area contributed by atoms with Gasteiger partial charge >= 0.3 is 11.9 Å². The minimum absolute atomic E-state index is 0.0587. The first kappa shape index (κ1) is 23.8. The molecule has 7 nitrogen and oxygen atoms in total. The average molecular weight is 333 g/mol. The highest BCUT2D eigenvalue weighted by molar-refractivity contribution is 5.89. The van der Waals surface area contributed by atoms with Crippen LogP contribution in [0.4, 0.5) is 0 Å². The molecule has 136 valence electrons. The topological polar surface area (TPSA) is 116 Å². The molecule has 1 atom stereocenters. The summed E-state index contributed by atoms with van der Waals surface area (Å²) in [5.74, 6) is -2.51. The smallest absolute Gasteiger partial charge is 0.328 e. The van der Waals surface area contributed by atoms with Gasteiger partial charge < -0.3 is 25.4 Å². The predicted octanol–water partition coefficient (Wildman–Crippen LogP) is 1.65. The molecular formula is C16H31NO6. The molecule has 0 radical (unpaired) electrons. The highest BCUT2D eigenvalue weighted by Gasteiger charge is 2.11. The van der Waals surface area contributed by atoms with Gasteiger partial charge in [0.2, 0.25) is 0 Å². The molecule has 0 aliphatic carbocycles. The van der Waals surface area contributed by atoms with Gasteiger partial charge in [0.25, 0.3) is 0 Å². The van der Waals surface area contributed by atoms with E-state index in [1.165, 1.54) is 12.8 Å². The Morgan fingerprint density at radius 1 is 1.13 bits per heavy atom. The first-order valence-electron chi connectivity index (χ1n) is 7.73. The number of hydrogen-bond acceptors (Lipinski definition) is 5. The van der Waals surface area contributed by atoms with Crippen LogP contribution >= 0.6 is 0 Å². The van der Waals surface area contributed by atoms with Crippen LogP contribution < -0.4 is 5.32 Å². The van der Waals surface area contributed by atoms with Crippen LogP contribution in [0, 0.1) is 0 Å². The Balaban J connectivity index is 0. The third kappa shape index (κ3) is 25.8. The van der Waals surface area contributed by atoms with Crippen LogP contribution in [0.25, 0.3) is 0 Å². The molecule has 4 N–H and O–H groups in total. The van der Waals surface area contributed by atoms with Crippen LogP contribution in [0.3, 0.4) is 0 Å². The zero-order valence-corrected chi connectivity index (χ0v) is 14.5. The number of β-amino-alcohol motifs (C(OH)–C–C–N with tert-alkyl or cyclic N) is 1. The van der Waals surface area contributed by atoms with Crippen molar-refractivity contribution >= 4 is 11.9 Å². The van der Waals surface area contributed by atoms with Gasteiger partial charge in [0.15, 0.2) is 0 Å². The fourth-order valence-corrected chi connectivity index (χ4v) is 1.30. The van der Waals surface area contributed by atoms with Crippen molar-refractivity contribution in [2.24, 2.45) is 0 Å². The first-order chi connectivity index (χ1) is 10.6. The second kappa shape index (κ2) is 14.2. The van der Waals surface area contributed by atoms with E-state index in [0.29, 0.717) is 25.3 Å². The van der Waals surface area contributed by atoms with Gasteiger partial charge in [0, 0.05) is 30.8 Å². The molecule has 0 amide bonds. The summed E-state index contributed by atoms with van der Waals surface area (Å²) in [6.07, 6.45) is 4.22. The fraction of sp³-hybridized carbons (Fsp3) is 0.750. The van der Waals surface area contributed by atoms with Crippen LogP contribution in [0.1, 0.15) is 47.0 Å². The van der Waals surface area contributed by atoms with Crippen molar-refractivity contribution in [2.45, 2.75) is 58.6 Å². The Bertz CT molecular complexity index is 333. The summed E-state index contributed by atoms with van der Waals surface area (Å²) in [4.78, 5) is 19.1. The number of aliphatic hydroxyl groups excluding tert-OH is 1. The van der Waals surface area contributed by atoms with Gasteiger partial charge in [-0.15, -0.1) is 0 Å². The summed E-state index contributed by atoms with van der Waals surface area (Å²) in [5, 5.41) is 28.4. The lowest BCUT2D eigenvalue weighted by atomic mass is 10.1. The standard InChI is InChI=1S/C12H27NO2.C4H4O4/c1-5-6-7-8-15-10-11(14)9-13-12(2,3)4;5-3(6)1-2-4(7)8/h11,13-14H,5-10H2,1-4H3;1-2H,(H,5,6)(H,7,8)/b;2-1+. The number of aliphatic carboxylic acids is 2. The summed E-state index contributed by atoms with van der Waals surface area (Å²) in [7, 11) is 0. The summed E-state index contributed by atoms with van der Waals surface area (Å²) in [5.41, 5.74) is 0.0587. The molecule has 1 unspecified atom stereocenters. The van der Waals surface area contributed by atoms with Crippen molar-refractivity contribution in [3.63, 3.8) is 0 Å². The maximum Gasteiger partial charge on any atom is 0.328 e. The van der Waals surface area contributed by atoms with Crippen molar-refractivity contribution < 1.29 is 29.6 Å². The average Bonchev–Trinajstić information content (AvgIpc) is 2.42. The van der Waals surface area contributed by atoms with Crippen molar-refractivity contribution in [1.29, 1.82) is 0 Å². The summed E-state index contributed by atoms with van der Waals surface area (Å²) in [6.45, 7) is 10.2. The SMILES string of the molecule is CCCCCOCC(O)CNC(C)(C)C.O=C(O)/C=C/C(=O)O. The summed E-state index contributed by atoms with van der Waals surface area (Å²) >= 11 is 0.